The molecule has 0 N–H and O–H groups in total. The molecule has 1 saturated heterocycles. The molecule has 0 atom stereocenters. The number of nitrogens with zero attached hydrogens (tertiary/aromatic N) is 2. The Labute approximate surface area is 150 Å². The van der Waals surface area contributed by atoms with Crippen LogP contribution < -0.4 is 4.90 Å². The van der Waals surface area contributed by atoms with E-state index in [4.69, 9.17) is 0 Å². The molecule has 0 saturated carbocycles. The van der Waals surface area contributed by atoms with Gasteiger partial charge in [0.05, 0.1) is 0 Å². The molecule has 1 aliphatic heterocycles. The van der Waals surface area contributed by atoms with E-state index >= 15 is 0 Å². The van der Waals surface area contributed by atoms with Gasteiger partial charge in [0, 0.05) is 37.4 Å². The quantitative estimate of drug-likeness (QED) is 0.788. The smallest absolute Gasteiger partial charge is 0.224 e. The van der Waals surface area contributed by atoms with Crippen LogP contribution >= 0.6 is 12.4 Å². The maximum Gasteiger partial charge on any atom is 0.224 e. The molecule has 1 aliphatic rings. The van der Waals surface area contributed by atoms with E-state index in [9.17, 15) is 4.79 Å². The second kappa shape index (κ2) is 9.33. The van der Waals surface area contributed by atoms with Gasteiger partial charge < -0.3 is 9.80 Å². The minimum Gasteiger partial charge on any atom is -0.343 e. The molecule has 0 aliphatic carbocycles. The summed E-state index contributed by atoms with van der Waals surface area (Å²) < 4.78 is 0. The molecule has 0 unspecified atom stereocenters. The van der Waals surface area contributed by atoms with Gasteiger partial charge in [-0.2, -0.15) is 0 Å². The molecule has 0 radical (unpaired) electrons. The van der Waals surface area contributed by atoms with E-state index in [1.807, 2.05) is 41.3 Å². The molecule has 0 aromatic heterocycles. The molecule has 1 fully saturated rings. The van der Waals surface area contributed by atoms with Crippen molar-refractivity contribution < 1.29 is 4.79 Å². The molecular formula is C20H25ClN2O. The fourth-order valence-corrected chi connectivity index (χ4v) is 3.13. The monoisotopic (exact) mass is 344 g/mol. The fraction of sp³-hybridized carbons (Fsp3) is 0.350. The van der Waals surface area contributed by atoms with Gasteiger partial charge in [0.25, 0.3) is 0 Å². The highest BCUT2D eigenvalue weighted by Crippen LogP contribution is 2.25. The van der Waals surface area contributed by atoms with Gasteiger partial charge in [0.1, 0.15) is 0 Å². The standard InChI is InChI=1S/C20H24N2O.ClH/c23-20(21-15-8-3-9-16-21)14-17-22(18-10-4-1-5-11-18)19-12-6-2-7-13-19;/h1-2,4-7,10-13H,3,8-9,14-17H2;1H. The lowest BCUT2D eigenvalue weighted by atomic mass is 10.1. The van der Waals surface area contributed by atoms with E-state index in [0.29, 0.717) is 13.0 Å². The average molecular weight is 345 g/mol. The normalized spacial score (nSPS) is 13.9. The fourth-order valence-electron chi connectivity index (χ4n) is 3.13. The maximum absolute atomic E-state index is 12.5. The topological polar surface area (TPSA) is 23.6 Å². The number of anilines is 2. The van der Waals surface area contributed by atoms with Crippen molar-refractivity contribution in [2.75, 3.05) is 24.5 Å². The van der Waals surface area contributed by atoms with Crippen molar-refractivity contribution in [1.29, 1.82) is 0 Å². The van der Waals surface area contributed by atoms with Crippen LogP contribution in [0.15, 0.2) is 60.7 Å². The van der Waals surface area contributed by atoms with Crippen LogP contribution in [-0.2, 0) is 4.79 Å². The van der Waals surface area contributed by atoms with E-state index in [-0.39, 0.29) is 18.3 Å². The summed E-state index contributed by atoms with van der Waals surface area (Å²) in [5.41, 5.74) is 2.26. The molecule has 24 heavy (non-hydrogen) atoms. The van der Waals surface area contributed by atoms with Gasteiger partial charge in [0.2, 0.25) is 5.91 Å². The first-order valence-corrected chi connectivity index (χ1v) is 8.50. The Bertz CT molecular complexity index is 573. The summed E-state index contributed by atoms with van der Waals surface area (Å²) in [6, 6.07) is 20.6. The van der Waals surface area contributed by atoms with Crippen LogP contribution in [0.4, 0.5) is 11.4 Å². The SMILES string of the molecule is Cl.O=C(CCN(c1ccccc1)c1ccccc1)N1CCCCC1. The van der Waals surface area contributed by atoms with E-state index in [1.165, 1.54) is 6.42 Å². The summed E-state index contributed by atoms with van der Waals surface area (Å²) in [5.74, 6) is 0.279. The summed E-state index contributed by atoms with van der Waals surface area (Å²) in [6.45, 7) is 2.56. The van der Waals surface area contributed by atoms with Crippen molar-refractivity contribution in [3.63, 3.8) is 0 Å². The van der Waals surface area contributed by atoms with Crippen molar-refractivity contribution in [3.05, 3.63) is 60.7 Å². The minimum atomic E-state index is 0. The summed E-state index contributed by atoms with van der Waals surface area (Å²) in [6.07, 6.45) is 4.10. The van der Waals surface area contributed by atoms with Gasteiger partial charge in [0.15, 0.2) is 0 Å². The maximum atomic E-state index is 12.5. The molecule has 2 aromatic carbocycles. The Balaban J connectivity index is 0.00000208. The lowest BCUT2D eigenvalue weighted by Crippen LogP contribution is -2.37. The van der Waals surface area contributed by atoms with E-state index in [2.05, 4.69) is 29.2 Å². The number of amides is 1. The zero-order valence-corrected chi connectivity index (χ0v) is 14.8. The largest absolute Gasteiger partial charge is 0.343 e. The van der Waals surface area contributed by atoms with E-state index in [0.717, 1.165) is 37.3 Å². The second-order valence-electron chi connectivity index (χ2n) is 6.01. The van der Waals surface area contributed by atoms with Crippen molar-refractivity contribution >= 4 is 29.7 Å². The number of halogens is 1. The van der Waals surface area contributed by atoms with Gasteiger partial charge in [-0.3, -0.25) is 4.79 Å². The average Bonchev–Trinajstić information content (AvgIpc) is 2.64. The third-order valence-electron chi connectivity index (χ3n) is 4.39. The van der Waals surface area contributed by atoms with Crippen molar-refractivity contribution in [3.8, 4) is 0 Å². The molecular weight excluding hydrogens is 320 g/mol. The molecule has 3 rings (SSSR count). The predicted molar refractivity (Wildman–Crippen MR) is 102 cm³/mol. The van der Waals surface area contributed by atoms with Crippen LogP contribution in [0.5, 0.6) is 0 Å². The first-order chi connectivity index (χ1) is 11.3. The van der Waals surface area contributed by atoms with Gasteiger partial charge in [-0.25, -0.2) is 0 Å². The first-order valence-electron chi connectivity index (χ1n) is 8.50. The van der Waals surface area contributed by atoms with Crippen molar-refractivity contribution in [1.82, 2.24) is 4.90 Å². The van der Waals surface area contributed by atoms with Crippen molar-refractivity contribution in [2.24, 2.45) is 0 Å². The lowest BCUT2D eigenvalue weighted by Gasteiger charge is -2.29. The molecule has 0 spiro atoms. The number of carbonyl (C=O) groups is 1. The summed E-state index contributed by atoms with van der Waals surface area (Å²) in [5, 5.41) is 0. The van der Waals surface area contributed by atoms with Crippen LogP contribution in [-0.4, -0.2) is 30.4 Å². The number of likely N-dealkylation sites (tertiary alicyclic amines) is 1. The number of rotatable bonds is 5. The molecule has 128 valence electrons. The number of carbonyl (C=O) groups excluding carboxylic acids is 1. The first kappa shape index (κ1) is 18.3. The second-order valence-corrected chi connectivity index (χ2v) is 6.01. The van der Waals surface area contributed by atoms with Crippen molar-refractivity contribution in [2.45, 2.75) is 25.7 Å². The molecule has 1 amide bonds. The Morgan fingerprint density at radius 2 is 1.33 bits per heavy atom. The summed E-state index contributed by atoms with van der Waals surface area (Å²) in [4.78, 5) is 16.7. The van der Waals surface area contributed by atoms with Crippen LogP contribution in [0.3, 0.4) is 0 Å². The van der Waals surface area contributed by atoms with Gasteiger partial charge in [-0.15, -0.1) is 12.4 Å². The van der Waals surface area contributed by atoms with Crippen LogP contribution in [0.25, 0.3) is 0 Å². The highest BCUT2D eigenvalue weighted by atomic mass is 35.5. The summed E-state index contributed by atoms with van der Waals surface area (Å²) in [7, 11) is 0. The van der Waals surface area contributed by atoms with Crippen LogP contribution in [0, 0.1) is 0 Å². The molecule has 3 nitrogen and oxygen atoms in total. The highest BCUT2D eigenvalue weighted by Gasteiger charge is 2.18. The van der Waals surface area contributed by atoms with Gasteiger partial charge in [-0.1, -0.05) is 36.4 Å². The van der Waals surface area contributed by atoms with Crippen LogP contribution in [0.2, 0.25) is 0 Å². The molecule has 4 heteroatoms. The Morgan fingerprint density at radius 3 is 1.83 bits per heavy atom. The molecule has 2 aromatic rings. The third-order valence-corrected chi connectivity index (χ3v) is 4.39. The Kier molecular flexibility index (Phi) is 7.13. The highest BCUT2D eigenvalue weighted by molar-refractivity contribution is 5.85. The van der Waals surface area contributed by atoms with Gasteiger partial charge >= 0.3 is 0 Å². The zero-order valence-electron chi connectivity index (χ0n) is 13.9. The van der Waals surface area contributed by atoms with Gasteiger partial charge in [-0.05, 0) is 43.5 Å². The number of benzene rings is 2. The zero-order chi connectivity index (χ0) is 15.9. The number of para-hydroxylation sites is 2. The van der Waals surface area contributed by atoms with E-state index in [1.54, 1.807) is 0 Å². The number of piperidine rings is 1. The minimum absolute atomic E-state index is 0. The Morgan fingerprint density at radius 1 is 0.833 bits per heavy atom. The van der Waals surface area contributed by atoms with Crippen LogP contribution in [0.1, 0.15) is 25.7 Å². The number of hydrogen-bond donors (Lipinski definition) is 0. The molecule has 1 heterocycles. The third kappa shape index (κ3) is 4.75. The van der Waals surface area contributed by atoms with E-state index < -0.39 is 0 Å². The summed E-state index contributed by atoms with van der Waals surface area (Å²) >= 11 is 0. The predicted octanol–water partition coefficient (Wildman–Crippen LogP) is 4.65. The number of hydrogen-bond acceptors (Lipinski definition) is 2. The molecule has 0 bridgehead atoms. The lowest BCUT2D eigenvalue weighted by molar-refractivity contribution is -0.131. The Hall–Kier alpha value is -2.00.